The number of hydrogen-bond acceptors (Lipinski definition) is 4. The largest absolute Gasteiger partial charge is 0.378 e. The highest BCUT2D eigenvalue weighted by molar-refractivity contribution is 7.98. The summed E-state index contributed by atoms with van der Waals surface area (Å²) in [4.78, 5) is 20.2. The van der Waals surface area contributed by atoms with Crippen molar-refractivity contribution in [2.24, 2.45) is 0 Å². The molecule has 0 spiro atoms. The Morgan fingerprint density at radius 3 is 2.45 bits per heavy atom. The topological polar surface area (TPSA) is 38.1 Å². The van der Waals surface area contributed by atoms with Crippen LogP contribution in [0.3, 0.4) is 0 Å². The Bertz CT molecular complexity index is 1210. The quantitative estimate of drug-likeness (QED) is 0.346. The molecule has 0 amide bonds. The summed E-state index contributed by atoms with van der Waals surface area (Å²) in [6.07, 6.45) is 0. The molecule has 0 N–H and O–H groups in total. The number of nitrogens with zero attached hydrogens (tertiary/aromatic N) is 3. The number of hydrogen-bond donors (Lipinski definition) is 0. The van der Waals surface area contributed by atoms with Gasteiger partial charge in [-0.3, -0.25) is 9.36 Å². The summed E-state index contributed by atoms with van der Waals surface area (Å²) >= 11 is 1.58. The zero-order valence-electron chi connectivity index (χ0n) is 16.8. The molecule has 0 unspecified atom stereocenters. The summed E-state index contributed by atoms with van der Waals surface area (Å²) in [6.45, 7) is 2.09. The maximum atomic E-state index is 13.3. The minimum absolute atomic E-state index is 0.0417. The van der Waals surface area contributed by atoms with Crippen LogP contribution in [0.25, 0.3) is 16.6 Å². The Labute approximate surface area is 174 Å². The molecule has 0 fully saturated rings. The molecule has 0 bridgehead atoms. The zero-order chi connectivity index (χ0) is 20.4. The first-order chi connectivity index (χ1) is 14.0. The summed E-state index contributed by atoms with van der Waals surface area (Å²) in [5.74, 6) is 0.752. The van der Waals surface area contributed by atoms with Gasteiger partial charge in [-0.15, -0.1) is 0 Å². The van der Waals surface area contributed by atoms with Gasteiger partial charge in [0.25, 0.3) is 5.56 Å². The van der Waals surface area contributed by atoms with Crippen molar-refractivity contribution in [3.8, 4) is 5.69 Å². The van der Waals surface area contributed by atoms with Gasteiger partial charge in [-0.05, 0) is 48.9 Å². The highest BCUT2D eigenvalue weighted by atomic mass is 32.2. The fourth-order valence-corrected chi connectivity index (χ4v) is 4.24. The number of fused-ring (bicyclic) bond motifs is 1. The third-order valence-corrected chi connectivity index (χ3v) is 5.83. The highest BCUT2D eigenvalue weighted by Gasteiger charge is 2.13. The standard InChI is InChI=1S/C24H23N3OS/c1-17-7-6-8-18(15-17)16-29-24-25-22-10-5-4-9-21(22)23(28)27(24)20-13-11-19(12-14-20)26(2)3/h4-15H,16H2,1-3H3. The number of benzene rings is 3. The Balaban J connectivity index is 1.81. The number of aromatic nitrogens is 2. The molecule has 0 saturated carbocycles. The molecule has 0 aliphatic rings. The zero-order valence-corrected chi connectivity index (χ0v) is 17.6. The summed E-state index contributed by atoms with van der Waals surface area (Å²) in [6, 6.07) is 23.9. The first-order valence-corrected chi connectivity index (χ1v) is 10.5. The molecule has 1 heterocycles. The predicted molar refractivity (Wildman–Crippen MR) is 122 cm³/mol. The van der Waals surface area contributed by atoms with Crippen molar-refractivity contribution < 1.29 is 0 Å². The molecule has 3 aromatic carbocycles. The van der Waals surface area contributed by atoms with E-state index in [-0.39, 0.29) is 5.56 Å². The van der Waals surface area contributed by atoms with Crippen molar-refractivity contribution in [3.05, 3.63) is 94.3 Å². The fraction of sp³-hybridized carbons (Fsp3) is 0.167. The van der Waals surface area contributed by atoms with Crippen molar-refractivity contribution in [2.45, 2.75) is 17.8 Å². The molecule has 5 heteroatoms. The normalized spacial score (nSPS) is 11.0. The first-order valence-electron chi connectivity index (χ1n) is 9.51. The lowest BCUT2D eigenvalue weighted by molar-refractivity contribution is 0.819. The van der Waals surface area contributed by atoms with Crippen LogP contribution < -0.4 is 10.5 Å². The predicted octanol–water partition coefficient (Wildman–Crippen LogP) is 5.05. The Hall–Kier alpha value is -3.05. The van der Waals surface area contributed by atoms with Crippen molar-refractivity contribution >= 4 is 28.4 Å². The van der Waals surface area contributed by atoms with E-state index in [1.165, 1.54) is 11.1 Å². The van der Waals surface area contributed by atoms with Gasteiger partial charge in [-0.1, -0.05) is 53.7 Å². The van der Waals surface area contributed by atoms with Crippen LogP contribution in [0.2, 0.25) is 0 Å². The van der Waals surface area contributed by atoms with Crippen molar-refractivity contribution in [1.82, 2.24) is 9.55 Å². The van der Waals surface area contributed by atoms with Crippen molar-refractivity contribution in [3.63, 3.8) is 0 Å². The molecule has 1 aromatic heterocycles. The second kappa shape index (κ2) is 8.13. The molecule has 0 aliphatic heterocycles. The van der Waals surface area contributed by atoms with Crippen LogP contribution in [0.15, 0.2) is 82.7 Å². The molecule has 4 nitrogen and oxygen atoms in total. The Morgan fingerprint density at radius 1 is 0.966 bits per heavy atom. The highest BCUT2D eigenvalue weighted by Crippen LogP contribution is 2.25. The molecule has 0 aliphatic carbocycles. The number of para-hydroxylation sites is 1. The molecular formula is C24H23N3OS. The fourth-order valence-electron chi connectivity index (χ4n) is 3.29. The van der Waals surface area contributed by atoms with Gasteiger partial charge in [0.15, 0.2) is 5.16 Å². The molecule has 0 saturated heterocycles. The number of thioether (sulfide) groups is 1. The van der Waals surface area contributed by atoms with Crippen LogP contribution in [0.5, 0.6) is 0 Å². The molecule has 4 aromatic rings. The number of anilines is 1. The third-order valence-electron chi connectivity index (χ3n) is 4.82. The van der Waals surface area contributed by atoms with Gasteiger partial charge >= 0.3 is 0 Å². The molecule has 0 radical (unpaired) electrons. The van der Waals surface area contributed by atoms with E-state index in [2.05, 4.69) is 31.2 Å². The molecule has 146 valence electrons. The van der Waals surface area contributed by atoms with Crippen LogP contribution in [0.1, 0.15) is 11.1 Å². The van der Waals surface area contributed by atoms with Gasteiger partial charge in [-0.25, -0.2) is 4.98 Å². The van der Waals surface area contributed by atoms with E-state index in [1.54, 1.807) is 16.3 Å². The number of aryl methyl sites for hydroxylation is 1. The summed E-state index contributed by atoms with van der Waals surface area (Å²) in [7, 11) is 4.00. The van der Waals surface area contributed by atoms with Crippen LogP contribution in [-0.2, 0) is 5.75 Å². The Kier molecular flexibility index (Phi) is 5.41. The van der Waals surface area contributed by atoms with Crippen LogP contribution in [0.4, 0.5) is 5.69 Å². The summed E-state index contributed by atoms with van der Waals surface area (Å²) in [5, 5.41) is 1.33. The van der Waals surface area contributed by atoms with E-state index in [0.717, 1.165) is 22.6 Å². The van der Waals surface area contributed by atoms with Crippen LogP contribution in [0, 0.1) is 6.92 Å². The van der Waals surface area contributed by atoms with E-state index in [4.69, 9.17) is 4.98 Å². The van der Waals surface area contributed by atoms with E-state index in [9.17, 15) is 4.79 Å². The van der Waals surface area contributed by atoms with E-state index >= 15 is 0 Å². The lowest BCUT2D eigenvalue weighted by atomic mass is 10.2. The molecular weight excluding hydrogens is 378 g/mol. The second-order valence-corrected chi connectivity index (χ2v) is 8.18. The first kappa shape index (κ1) is 19.3. The van der Waals surface area contributed by atoms with Gasteiger partial charge < -0.3 is 4.90 Å². The van der Waals surface area contributed by atoms with Gasteiger partial charge in [0.05, 0.1) is 16.6 Å². The van der Waals surface area contributed by atoms with E-state index < -0.39 is 0 Å². The average Bonchev–Trinajstić information content (AvgIpc) is 2.72. The van der Waals surface area contributed by atoms with Crippen molar-refractivity contribution in [2.75, 3.05) is 19.0 Å². The lowest BCUT2D eigenvalue weighted by Gasteiger charge is -2.16. The SMILES string of the molecule is Cc1cccc(CSc2nc3ccccc3c(=O)n2-c2ccc(N(C)C)cc2)c1. The van der Waals surface area contributed by atoms with Gasteiger partial charge in [-0.2, -0.15) is 0 Å². The van der Waals surface area contributed by atoms with Crippen LogP contribution in [-0.4, -0.2) is 23.6 Å². The van der Waals surface area contributed by atoms with E-state index in [0.29, 0.717) is 10.5 Å². The number of rotatable bonds is 5. The van der Waals surface area contributed by atoms with E-state index in [1.807, 2.05) is 67.5 Å². The van der Waals surface area contributed by atoms with Gasteiger partial charge in [0, 0.05) is 25.5 Å². The average molecular weight is 402 g/mol. The monoisotopic (exact) mass is 401 g/mol. The molecule has 0 atom stereocenters. The lowest BCUT2D eigenvalue weighted by Crippen LogP contribution is -2.22. The second-order valence-electron chi connectivity index (χ2n) is 7.24. The van der Waals surface area contributed by atoms with Gasteiger partial charge in [0.2, 0.25) is 0 Å². The maximum absolute atomic E-state index is 13.3. The minimum atomic E-state index is -0.0417. The summed E-state index contributed by atoms with van der Waals surface area (Å²) in [5.41, 5.74) is 5.04. The minimum Gasteiger partial charge on any atom is -0.378 e. The molecule has 4 rings (SSSR count). The summed E-state index contributed by atoms with van der Waals surface area (Å²) < 4.78 is 1.72. The third kappa shape index (κ3) is 4.05. The van der Waals surface area contributed by atoms with Gasteiger partial charge in [0.1, 0.15) is 0 Å². The van der Waals surface area contributed by atoms with Crippen LogP contribution >= 0.6 is 11.8 Å². The molecule has 29 heavy (non-hydrogen) atoms. The van der Waals surface area contributed by atoms with Crippen molar-refractivity contribution in [1.29, 1.82) is 0 Å². The maximum Gasteiger partial charge on any atom is 0.266 e. The Morgan fingerprint density at radius 2 is 1.72 bits per heavy atom. The smallest absolute Gasteiger partial charge is 0.266 e.